The third kappa shape index (κ3) is 4.73. The van der Waals surface area contributed by atoms with Crippen LogP contribution in [0.2, 0.25) is 6.55 Å². The van der Waals surface area contributed by atoms with E-state index >= 15 is 0 Å². The third-order valence-electron chi connectivity index (χ3n) is 1.37. The Hall–Kier alpha value is -0.123. The quantitative estimate of drug-likeness (QED) is 0.421. The Morgan fingerprint density at radius 3 is 2.80 bits per heavy atom. The molecule has 0 unspecified atom stereocenters. The minimum atomic E-state index is 0.149. The van der Waals surface area contributed by atoms with E-state index in [4.69, 9.17) is 5.73 Å². The van der Waals surface area contributed by atoms with Gasteiger partial charge < -0.3 is 10.6 Å². The molecule has 0 aliphatic rings. The van der Waals surface area contributed by atoms with E-state index in [1.807, 2.05) is 6.08 Å². The Balaban J connectivity index is 3.38. The van der Waals surface area contributed by atoms with Gasteiger partial charge in [-0.05, 0) is 6.17 Å². The van der Waals surface area contributed by atoms with Crippen LogP contribution in [0, 0.1) is 0 Å². The summed E-state index contributed by atoms with van der Waals surface area (Å²) in [6.45, 7) is 8.79. The van der Waals surface area contributed by atoms with Gasteiger partial charge in [0, 0.05) is 29.2 Å². The van der Waals surface area contributed by atoms with Crippen molar-refractivity contribution < 1.29 is 0 Å². The number of nitrogens with two attached hydrogens (primary N) is 1. The van der Waals surface area contributed by atoms with E-state index < -0.39 is 0 Å². The van der Waals surface area contributed by atoms with Gasteiger partial charge in [0.05, 0.1) is 0 Å². The fourth-order valence-corrected chi connectivity index (χ4v) is 2.01. The predicted molar refractivity (Wildman–Crippen MR) is 50.1 cm³/mol. The predicted octanol–water partition coefficient (Wildman–Crippen LogP) is -0.392. The molecule has 0 heterocycles. The summed E-state index contributed by atoms with van der Waals surface area (Å²) < 4.78 is 0. The highest BCUT2D eigenvalue weighted by Gasteiger charge is 1.97. The van der Waals surface area contributed by atoms with Crippen molar-refractivity contribution in [1.82, 2.24) is 4.90 Å². The van der Waals surface area contributed by atoms with E-state index in [9.17, 15) is 0 Å². The van der Waals surface area contributed by atoms with Gasteiger partial charge >= 0.3 is 0 Å². The topological polar surface area (TPSA) is 29.3 Å². The Morgan fingerprint density at radius 1 is 1.70 bits per heavy atom. The average Bonchev–Trinajstić information content (AvgIpc) is 1.90. The van der Waals surface area contributed by atoms with E-state index in [-0.39, 0.29) is 9.52 Å². The van der Waals surface area contributed by atoms with Crippen molar-refractivity contribution in [2.24, 2.45) is 5.73 Å². The molecule has 0 rings (SSSR count). The average molecular weight is 158 g/mol. The summed E-state index contributed by atoms with van der Waals surface area (Å²) >= 11 is 0. The zero-order valence-corrected chi connectivity index (χ0v) is 8.26. The Morgan fingerprint density at radius 2 is 2.40 bits per heavy atom. The first kappa shape index (κ1) is 9.88. The van der Waals surface area contributed by atoms with Crippen LogP contribution in [-0.4, -0.2) is 40.2 Å². The highest BCUT2D eigenvalue weighted by atomic mass is 28.2. The zero-order valence-electron chi connectivity index (χ0n) is 6.84. The summed E-state index contributed by atoms with van der Waals surface area (Å²) in [5.74, 6) is 0. The third-order valence-corrected chi connectivity index (χ3v) is 2.45. The standard InChI is InChI=1S/C7H18N2Si/c1-3-5-9(6-4-8)7-10-2/h3H,1,4-8,10H2,2H3. The van der Waals surface area contributed by atoms with E-state index in [0.717, 1.165) is 19.6 Å². The fourth-order valence-electron chi connectivity index (χ4n) is 0.976. The first-order valence-corrected chi connectivity index (χ1v) is 6.29. The van der Waals surface area contributed by atoms with Crippen LogP contribution in [0.4, 0.5) is 0 Å². The van der Waals surface area contributed by atoms with Gasteiger partial charge in [-0.3, -0.25) is 0 Å². The lowest BCUT2D eigenvalue weighted by atomic mass is 10.5. The molecule has 0 aliphatic carbocycles. The zero-order chi connectivity index (χ0) is 7.82. The molecular formula is C7H18N2Si. The SMILES string of the molecule is C=CCN(CCN)C[SiH2]C. The molecule has 0 aliphatic heterocycles. The van der Waals surface area contributed by atoms with Gasteiger partial charge in [-0.1, -0.05) is 12.6 Å². The second-order valence-electron chi connectivity index (χ2n) is 2.38. The molecule has 0 atom stereocenters. The molecule has 0 saturated carbocycles. The first-order valence-electron chi connectivity index (χ1n) is 3.88. The van der Waals surface area contributed by atoms with Crippen LogP contribution in [0.5, 0.6) is 0 Å². The molecule has 10 heavy (non-hydrogen) atoms. The van der Waals surface area contributed by atoms with Crippen molar-refractivity contribution in [1.29, 1.82) is 0 Å². The number of hydrogen-bond donors (Lipinski definition) is 1. The van der Waals surface area contributed by atoms with Crippen LogP contribution in [0.1, 0.15) is 0 Å². The number of nitrogens with zero attached hydrogens (tertiary/aromatic N) is 1. The van der Waals surface area contributed by atoms with Gasteiger partial charge in [0.15, 0.2) is 0 Å². The van der Waals surface area contributed by atoms with Crippen LogP contribution in [0.25, 0.3) is 0 Å². The molecule has 0 spiro atoms. The molecule has 0 aromatic heterocycles. The lowest BCUT2D eigenvalue weighted by Gasteiger charge is -2.17. The minimum absolute atomic E-state index is 0.149. The summed E-state index contributed by atoms with van der Waals surface area (Å²) in [5, 5.41) is 0. The lowest BCUT2D eigenvalue weighted by molar-refractivity contribution is 0.360. The number of rotatable bonds is 6. The molecule has 3 heteroatoms. The van der Waals surface area contributed by atoms with Crippen molar-refractivity contribution in [2.45, 2.75) is 6.55 Å². The van der Waals surface area contributed by atoms with Gasteiger partial charge in [-0.15, -0.1) is 6.58 Å². The molecule has 2 N–H and O–H groups in total. The van der Waals surface area contributed by atoms with Crippen LogP contribution < -0.4 is 5.73 Å². The molecule has 0 radical (unpaired) electrons. The smallest absolute Gasteiger partial charge is 0.0338 e. The number of hydrogen-bond acceptors (Lipinski definition) is 2. The molecular weight excluding hydrogens is 140 g/mol. The molecule has 0 bridgehead atoms. The monoisotopic (exact) mass is 158 g/mol. The highest BCUT2D eigenvalue weighted by molar-refractivity contribution is 6.33. The second kappa shape index (κ2) is 6.99. The normalized spacial score (nSPS) is 11.5. The molecule has 60 valence electrons. The lowest BCUT2D eigenvalue weighted by Crippen LogP contribution is -2.32. The minimum Gasteiger partial charge on any atom is -0.329 e. The van der Waals surface area contributed by atoms with Crippen LogP contribution in [-0.2, 0) is 0 Å². The molecule has 0 aromatic carbocycles. The van der Waals surface area contributed by atoms with Gasteiger partial charge in [0.2, 0.25) is 0 Å². The van der Waals surface area contributed by atoms with E-state index in [1.54, 1.807) is 0 Å². The van der Waals surface area contributed by atoms with Gasteiger partial charge in [-0.25, -0.2) is 0 Å². The van der Waals surface area contributed by atoms with Crippen LogP contribution in [0.3, 0.4) is 0 Å². The molecule has 0 amide bonds. The van der Waals surface area contributed by atoms with Crippen LogP contribution >= 0.6 is 0 Å². The van der Waals surface area contributed by atoms with Gasteiger partial charge in [-0.2, -0.15) is 0 Å². The van der Waals surface area contributed by atoms with Crippen molar-refractivity contribution in [3.63, 3.8) is 0 Å². The van der Waals surface area contributed by atoms with E-state index in [1.165, 1.54) is 6.17 Å². The molecule has 0 fully saturated rings. The van der Waals surface area contributed by atoms with Crippen LogP contribution in [0.15, 0.2) is 12.7 Å². The van der Waals surface area contributed by atoms with E-state index in [0.29, 0.717) is 0 Å². The molecule has 0 saturated heterocycles. The summed E-state index contributed by atoms with van der Waals surface area (Å²) in [4.78, 5) is 2.36. The Bertz CT molecular complexity index is 79.7. The largest absolute Gasteiger partial charge is 0.329 e. The fraction of sp³-hybridized carbons (Fsp3) is 0.714. The van der Waals surface area contributed by atoms with Crippen molar-refractivity contribution in [3.8, 4) is 0 Å². The molecule has 2 nitrogen and oxygen atoms in total. The summed E-state index contributed by atoms with van der Waals surface area (Å²) in [5.41, 5.74) is 5.43. The first-order chi connectivity index (χ1) is 4.85. The van der Waals surface area contributed by atoms with Crippen molar-refractivity contribution in [2.75, 3.05) is 25.8 Å². The summed E-state index contributed by atoms with van der Waals surface area (Å²) in [6, 6.07) is 0. The second-order valence-corrected chi connectivity index (χ2v) is 3.83. The molecule has 0 aromatic rings. The van der Waals surface area contributed by atoms with Gasteiger partial charge in [0.25, 0.3) is 0 Å². The highest BCUT2D eigenvalue weighted by Crippen LogP contribution is 1.84. The van der Waals surface area contributed by atoms with Crippen molar-refractivity contribution in [3.05, 3.63) is 12.7 Å². The Labute approximate surface area is 65.9 Å². The summed E-state index contributed by atoms with van der Waals surface area (Å²) in [7, 11) is 0.149. The maximum atomic E-state index is 5.43. The Kier molecular flexibility index (Phi) is 6.90. The summed E-state index contributed by atoms with van der Waals surface area (Å²) in [6.07, 6.45) is 3.21. The van der Waals surface area contributed by atoms with Crippen molar-refractivity contribution >= 4 is 9.52 Å². The maximum Gasteiger partial charge on any atom is 0.0338 e. The maximum absolute atomic E-state index is 5.43. The van der Waals surface area contributed by atoms with E-state index in [2.05, 4.69) is 18.0 Å². The van der Waals surface area contributed by atoms with Gasteiger partial charge in [0.1, 0.15) is 0 Å².